The molecule has 152 valence electrons. The van der Waals surface area contributed by atoms with E-state index in [4.69, 9.17) is 13.9 Å². The fourth-order valence-corrected chi connectivity index (χ4v) is 3.48. The zero-order chi connectivity index (χ0) is 21.4. The maximum atomic E-state index is 13.5. The van der Waals surface area contributed by atoms with Gasteiger partial charge in [-0.2, -0.15) is 0 Å². The average molecular weight is 410 g/mol. The van der Waals surface area contributed by atoms with E-state index in [1.807, 2.05) is 49.4 Å². The third kappa shape index (κ3) is 3.38. The highest BCUT2D eigenvalue weighted by Crippen LogP contribution is 2.35. The van der Waals surface area contributed by atoms with Crippen LogP contribution in [0.1, 0.15) is 5.56 Å². The highest BCUT2D eigenvalue weighted by Gasteiger charge is 2.20. The number of hydrogen-bond donors (Lipinski definition) is 0. The first-order chi connectivity index (χ1) is 15.1. The van der Waals surface area contributed by atoms with E-state index >= 15 is 0 Å². The van der Waals surface area contributed by atoms with E-state index in [0.717, 1.165) is 11.1 Å². The van der Waals surface area contributed by atoms with E-state index in [9.17, 15) is 4.79 Å². The minimum absolute atomic E-state index is 0.0760. The van der Waals surface area contributed by atoms with Crippen molar-refractivity contribution in [2.24, 2.45) is 0 Å². The van der Waals surface area contributed by atoms with Gasteiger partial charge in [0.1, 0.15) is 17.7 Å². The Morgan fingerprint density at radius 2 is 1.71 bits per heavy atom. The number of benzene rings is 3. The summed E-state index contributed by atoms with van der Waals surface area (Å²) in [4.78, 5) is 22.0. The summed E-state index contributed by atoms with van der Waals surface area (Å²) in [5.74, 6) is 1.39. The second-order valence-corrected chi connectivity index (χ2v) is 7.12. The van der Waals surface area contributed by atoms with Crippen LogP contribution < -0.4 is 14.9 Å². The second kappa shape index (κ2) is 7.57. The van der Waals surface area contributed by atoms with Crippen LogP contribution in [-0.4, -0.2) is 17.1 Å². The molecule has 6 heteroatoms. The molecule has 6 nitrogen and oxygen atoms in total. The molecular formula is C25H18N2O4. The Balaban J connectivity index is 1.76. The number of aryl methyl sites for hydroxylation is 1. The quantitative estimate of drug-likeness (QED) is 0.389. The largest absolute Gasteiger partial charge is 0.497 e. The number of ether oxygens (including phenoxy) is 2. The lowest BCUT2D eigenvalue weighted by Crippen LogP contribution is -2.08. The highest BCUT2D eigenvalue weighted by atomic mass is 16.5. The van der Waals surface area contributed by atoms with Gasteiger partial charge in [0.25, 0.3) is 0 Å². The predicted molar refractivity (Wildman–Crippen MR) is 119 cm³/mol. The van der Waals surface area contributed by atoms with Crippen molar-refractivity contribution >= 4 is 21.9 Å². The predicted octanol–water partition coefficient (Wildman–Crippen LogP) is 5.51. The van der Waals surface area contributed by atoms with Crippen LogP contribution >= 0.6 is 0 Å². The van der Waals surface area contributed by atoms with E-state index in [0.29, 0.717) is 39.3 Å². The van der Waals surface area contributed by atoms with Gasteiger partial charge in [-0.15, -0.1) is 0 Å². The molecule has 0 radical (unpaired) electrons. The molecule has 0 spiro atoms. The third-order valence-electron chi connectivity index (χ3n) is 5.06. The topological polar surface area (TPSA) is 74.5 Å². The number of nitrogens with zero attached hydrogens (tertiary/aromatic N) is 2. The molecule has 0 unspecified atom stereocenters. The molecule has 0 aliphatic heterocycles. The van der Waals surface area contributed by atoms with Crippen LogP contribution in [0.5, 0.6) is 17.4 Å². The Morgan fingerprint density at radius 3 is 2.52 bits per heavy atom. The van der Waals surface area contributed by atoms with Crippen LogP contribution in [0.3, 0.4) is 0 Å². The molecule has 31 heavy (non-hydrogen) atoms. The minimum atomic E-state index is -0.265. The molecule has 0 bridgehead atoms. The van der Waals surface area contributed by atoms with Gasteiger partial charge in [-0.3, -0.25) is 4.79 Å². The molecule has 0 N–H and O–H groups in total. The standard InChI is InChI=1S/C25H18N2O4/c1-15-7-12-21-19(13-15)22(28)24(23(30-21)16-8-10-17(29-2)11-9-16)31-25-18-5-3-4-6-20(18)26-14-27-25/h3-14H,1-2H3. The fraction of sp³-hybridized carbons (Fsp3) is 0.0800. The van der Waals surface area contributed by atoms with Gasteiger partial charge in [-0.25, -0.2) is 9.97 Å². The van der Waals surface area contributed by atoms with Gasteiger partial charge in [0, 0.05) is 5.56 Å². The molecule has 0 fully saturated rings. The summed E-state index contributed by atoms with van der Waals surface area (Å²) < 4.78 is 17.5. The Labute approximate surface area is 177 Å². The maximum absolute atomic E-state index is 13.5. The van der Waals surface area contributed by atoms with Gasteiger partial charge in [-0.05, 0) is 55.5 Å². The summed E-state index contributed by atoms with van der Waals surface area (Å²) in [6, 6.07) is 20.2. The van der Waals surface area contributed by atoms with Crippen LogP contribution in [0.25, 0.3) is 33.2 Å². The number of para-hydroxylation sites is 1. The van der Waals surface area contributed by atoms with Crippen molar-refractivity contribution in [3.8, 4) is 28.7 Å². The van der Waals surface area contributed by atoms with E-state index in [2.05, 4.69) is 9.97 Å². The maximum Gasteiger partial charge on any atom is 0.235 e. The van der Waals surface area contributed by atoms with Crippen molar-refractivity contribution in [1.29, 1.82) is 0 Å². The molecule has 0 saturated heterocycles. The smallest absolute Gasteiger partial charge is 0.235 e. The van der Waals surface area contributed by atoms with Crippen molar-refractivity contribution in [3.63, 3.8) is 0 Å². The Hall–Kier alpha value is -4.19. The van der Waals surface area contributed by atoms with E-state index in [-0.39, 0.29) is 11.2 Å². The first-order valence-electron chi connectivity index (χ1n) is 9.73. The lowest BCUT2D eigenvalue weighted by molar-refractivity contribution is 0.414. The Morgan fingerprint density at radius 1 is 0.903 bits per heavy atom. The van der Waals surface area contributed by atoms with Crippen molar-refractivity contribution in [2.45, 2.75) is 6.92 Å². The average Bonchev–Trinajstić information content (AvgIpc) is 2.81. The molecular weight excluding hydrogens is 392 g/mol. The molecule has 0 atom stereocenters. The second-order valence-electron chi connectivity index (χ2n) is 7.12. The van der Waals surface area contributed by atoms with Crippen LogP contribution in [0.4, 0.5) is 0 Å². The normalized spacial score (nSPS) is 11.0. The van der Waals surface area contributed by atoms with Crippen molar-refractivity contribution < 1.29 is 13.9 Å². The molecule has 0 aliphatic carbocycles. The molecule has 2 aromatic heterocycles. The van der Waals surface area contributed by atoms with Gasteiger partial charge >= 0.3 is 0 Å². The minimum Gasteiger partial charge on any atom is -0.497 e. The number of fused-ring (bicyclic) bond motifs is 2. The van der Waals surface area contributed by atoms with Crippen LogP contribution in [0, 0.1) is 6.92 Å². The Bertz CT molecular complexity index is 1470. The zero-order valence-corrected chi connectivity index (χ0v) is 17.0. The number of hydrogen-bond acceptors (Lipinski definition) is 6. The molecule has 2 heterocycles. The Kier molecular flexibility index (Phi) is 4.59. The molecule has 5 aromatic rings. The summed E-state index contributed by atoms with van der Waals surface area (Å²) >= 11 is 0. The van der Waals surface area contributed by atoms with Gasteiger partial charge < -0.3 is 13.9 Å². The first kappa shape index (κ1) is 18.8. The zero-order valence-electron chi connectivity index (χ0n) is 17.0. The van der Waals surface area contributed by atoms with Crippen molar-refractivity contribution in [1.82, 2.24) is 9.97 Å². The number of aromatic nitrogens is 2. The van der Waals surface area contributed by atoms with Crippen LogP contribution in [0.15, 0.2) is 82.3 Å². The monoisotopic (exact) mass is 410 g/mol. The van der Waals surface area contributed by atoms with Crippen LogP contribution in [0.2, 0.25) is 0 Å². The molecule has 0 aliphatic rings. The lowest BCUT2D eigenvalue weighted by atomic mass is 10.1. The van der Waals surface area contributed by atoms with Gasteiger partial charge in [0.05, 0.1) is 23.4 Å². The lowest BCUT2D eigenvalue weighted by Gasteiger charge is -2.12. The molecule has 5 rings (SSSR count). The van der Waals surface area contributed by atoms with Crippen molar-refractivity contribution in [2.75, 3.05) is 7.11 Å². The van der Waals surface area contributed by atoms with Gasteiger partial charge in [-0.1, -0.05) is 23.8 Å². The molecule has 0 amide bonds. The van der Waals surface area contributed by atoms with E-state index in [1.54, 1.807) is 31.4 Å². The first-order valence-corrected chi connectivity index (χ1v) is 9.73. The summed E-state index contributed by atoms with van der Waals surface area (Å²) in [7, 11) is 1.60. The third-order valence-corrected chi connectivity index (χ3v) is 5.06. The van der Waals surface area contributed by atoms with Crippen molar-refractivity contribution in [3.05, 3.63) is 88.8 Å². The highest BCUT2D eigenvalue weighted by molar-refractivity contribution is 5.85. The number of methoxy groups -OCH3 is 1. The summed E-state index contributed by atoms with van der Waals surface area (Å²) in [6.07, 6.45) is 1.41. The summed E-state index contributed by atoms with van der Waals surface area (Å²) in [5, 5.41) is 1.15. The summed E-state index contributed by atoms with van der Waals surface area (Å²) in [6.45, 7) is 1.93. The number of rotatable bonds is 4. The van der Waals surface area contributed by atoms with Crippen LogP contribution in [-0.2, 0) is 0 Å². The van der Waals surface area contributed by atoms with Gasteiger partial charge in [0.15, 0.2) is 5.76 Å². The summed E-state index contributed by atoms with van der Waals surface area (Å²) in [5.41, 5.74) is 2.59. The molecule has 0 saturated carbocycles. The SMILES string of the molecule is COc1ccc(-c2oc3ccc(C)cc3c(=O)c2Oc2ncnc3ccccc23)cc1. The van der Waals surface area contributed by atoms with Gasteiger partial charge in [0.2, 0.25) is 17.1 Å². The fourth-order valence-electron chi connectivity index (χ4n) is 3.48. The molecule has 3 aromatic carbocycles. The van der Waals surface area contributed by atoms with E-state index < -0.39 is 0 Å². The van der Waals surface area contributed by atoms with E-state index in [1.165, 1.54) is 6.33 Å².